The van der Waals surface area contributed by atoms with Crippen LogP contribution in [-0.2, 0) is 61.6 Å². The molecule has 35 atom stereocenters. The van der Waals surface area contributed by atoms with Gasteiger partial charge in [0.25, 0.3) is 0 Å². The fourth-order valence-corrected chi connectivity index (χ4v) is 10.6. The molecule has 32 heteroatoms. The summed E-state index contributed by atoms with van der Waals surface area (Å²) in [5.74, 6) is -2.78. The highest BCUT2D eigenvalue weighted by Gasteiger charge is 2.58. The molecule has 32 nitrogen and oxygen atoms in total. The summed E-state index contributed by atoms with van der Waals surface area (Å²) < 4.78 is 76.5. The topological polar surface area (TPSA) is 504 Å². The van der Waals surface area contributed by atoms with Crippen LogP contribution >= 0.6 is 0 Å². The van der Waals surface area contributed by atoms with Gasteiger partial charge in [-0.1, -0.05) is 20.8 Å². The molecule has 15 unspecified atom stereocenters. The summed E-state index contributed by atoms with van der Waals surface area (Å²) in [6, 6.07) is 0. The van der Waals surface area contributed by atoms with E-state index in [1.165, 1.54) is 13.8 Å². The summed E-state index contributed by atoms with van der Waals surface area (Å²) >= 11 is 0. The van der Waals surface area contributed by atoms with E-state index in [9.17, 15) is 97.0 Å². The zero-order valence-corrected chi connectivity index (χ0v) is 43.0. The van der Waals surface area contributed by atoms with Crippen LogP contribution in [0, 0.1) is 17.8 Å². The molecule has 19 N–H and O–H groups in total. The molecule has 7 heterocycles. The van der Waals surface area contributed by atoms with E-state index in [-0.39, 0.29) is 0 Å². The van der Waals surface area contributed by atoms with Gasteiger partial charge in [-0.05, 0) is 6.92 Å². The Balaban J connectivity index is 1.13. The van der Waals surface area contributed by atoms with Crippen LogP contribution < -0.4 is 0 Å². The zero-order valence-electron chi connectivity index (χ0n) is 43.0. The second kappa shape index (κ2) is 27.6. The molecule has 7 saturated heterocycles. The van der Waals surface area contributed by atoms with Gasteiger partial charge >= 0.3 is 0 Å². The molecule has 0 aliphatic carbocycles. The van der Waals surface area contributed by atoms with Crippen LogP contribution in [0.4, 0.5) is 0 Å². The number of hydrogen-bond donors (Lipinski definition) is 19. The SMILES string of the molecule is CC1C(O)[C@H](O[C@@H]2OC(CO[C@H]3OC(CO)[C@@H](O)C(O)[C@H]3O)[C@@H](O)C(O[C@H]3O[C@H](CO)[C@@H](O)C(O)C3O[C@@H]3OC(CO)[C@@H](O[C@@H]4OC(CO)[C@H](O)C(O)[C@@H]4O)C(O)[C@@H]3C)[C@H]2O)C(CO)O[C@H]1O[C@@H]1C(CO)O[C@@H](C)[C@@H](C)C1O. The van der Waals surface area contributed by atoms with E-state index in [1.54, 1.807) is 13.8 Å². The first kappa shape index (κ1) is 64.3. The Morgan fingerprint density at radius 2 is 0.590 bits per heavy atom. The molecule has 0 radical (unpaired) electrons. The average Bonchev–Trinajstić information content (AvgIpc) is 3.44. The first-order chi connectivity index (χ1) is 37.0. The average molecular weight is 1150 g/mol. The quantitative estimate of drug-likeness (QED) is 0.0571. The molecule has 7 aliphatic rings. The Hall–Kier alpha value is -1.28. The maximum Gasteiger partial charge on any atom is 0.187 e. The molecule has 78 heavy (non-hydrogen) atoms. The Kier molecular flexibility index (Phi) is 22.8. The molecular formula is C46H80O32. The highest BCUT2D eigenvalue weighted by atomic mass is 16.8. The maximum absolute atomic E-state index is 12.1. The van der Waals surface area contributed by atoms with Gasteiger partial charge < -0.3 is 159 Å². The number of aliphatic hydroxyl groups is 19. The second-order valence-corrected chi connectivity index (χ2v) is 21.0. The Morgan fingerprint density at radius 1 is 0.256 bits per heavy atom. The van der Waals surface area contributed by atoms with E-state index in [1.807, 2.05) is 0 Å². The largest absolute Gasteiger partial charge is 0.394 e. The minimum absolute atomic E-state index is 0.470. The van der Waals surface area contributed by atoms with Crippen molar-refractivity contribution in [1.82, 2.24) is 0 Å². The van der Waals surface area contributed by atoms with Crippen molar-refractivity contribution in [3.63, 3.8) is 0 Å². The van der Waals surface area contributed by atoms with Gasteiger partial charge in [0.05, 0.1) is 70.7 Å². The van der Waals surface area contributed by atoms with Gasteiger partial charge in [0.2, 0.25) is 0 Å². The van der Waals surface area contributed by atoms with Crippen molar-refractivity contribution in [2.45, 2.75) is 224 Å². The number of ether oxygens (including phenoxy) is 13. The third-order valence-corrected chi connectivity index (χ3v) is 15.9. The summed E-state index contributed by atoms with van der Waals surface area (Å²) in [6.07, 6.45) is -54.1. The van der Waals surface area contributed by atoms with E-state index >= 15 is 0 Å². The monoisotopic (exact) mass is 1140 g/mol. The van der Waals surface area contributed by atoms with Crippen molar-refractivity contribution in [2.75, 3.05) is 46.2 Å². The van der Waals surface area contributed by atoms with Crippen LogP contribution in [0.1, 0.15) is 27.7 Å². The maximum atomic E-state index is 12.1. The van der Waals surface area contributed by atoms with Crippen molar-refractivity contribution < 1.29 is 159 Å². The lowest BCUT2D eigenvalue weighted by atomic mass is 9.88. The van der Waals surface area contributed by atoms with Gasteiger partial charge in [0.15, 0.2) is 37.7 Å². The molecule has 0 amide bonds. The number of aliphatic hydroxyl groups excluding tert-OH is 19. The van der Waals surface area contributed by atoms with Gasteiger partial charge in [-0.25, -0.2) is 0 Å². The Labute approximate surface area is 446 Å². The first-order valence-electron chi connectivity index (χ1n) is 25.9. The third kappa shape index (κ3) is 13.2. The smallest absolute Gasteiger partial charge is 0.187 e. The Morgan fingerprint density at radius 3 is 1.06 bits per heavy atom. The molecule has 7 fully saturated rings. The fraction of sp³-hybridized carbons (Fsp3) is 1.00. The van der Waals surface area contributed by atoms with E-state index in [4.69, 9.17) is 61.6 Å². The minimum Gasteiger partial charge on any atom is -0.394 e. The summed E-state index contributed by atoms with van der Waals surface area (Å²) in [4.78, 5) is 0. The van der Waals surface area contributed by atoms with Crippen LogP contribution in [-0.4, -0.2) is 340 Å². The van der Waals surface area contributed by atoms with Gasteiger partial charge in [0, 0.05) is 17.8 Å². The predicted octanol–water partition coefficient (Wildman–Crippen LogP) is -11.4. The summed E-state index contributed by atoms with van der Waals surface area (Å²) in [5.41, 5.74) is 0. The van der Waals surface area contributed by atoms with Crippen molar-refractivity contribution in [1.29, 1.82) is 0 Å². The minimum atomic E-state index is -2.20. The summed E-state index contributed by atoms with van der Waals surface area (Å²) in [7, 11) is 0. The summed E-state index contributed by atoms with van der Waals surface area (Å²) in [6.45, 7) is 0.367. The molecular weight excluding hydrogens is 1060 g/mol. The molecule has 7 rings (SSSR count). The van der Waals surface area contributed by atoms with E-state index in [2.05, 4.69) is 0 Å². The lowest BCUT2D eigenvalue weighted by molar-refractivity contribution is -0.400. The molecule has 0 aromatic rings. The number of hydrogen-bond acceptors (Lipinski definition) is 32. The normalized spacial score (nSPS) is 53.5. The molecule has 456 valence electrons. The van der Waals surface area contributed by atoms with Crippen molar-refractivity contribution in [3.05, 3.63) is 0 Å². The highest BCUT2D eigenvalue weighted by Crippen LogP contribution is 2.40. The van der Waals surface area contributed by atoms with E-state index in [0.29, 0.717) is 0 Å². The van der Waals surface area contributed by atoms with Crippen LogP contribution in [0.5, 0.6) is 0 Å². The molecule has 0 aromatic heterocycles. The highest BCUT2D eigenvalue weighted by molar-refractivity contribution is 5.00. The van der Waals surface area contributed by atoms with Gasteiger partial charge in [-0.2, -0.15) is 0 Å². The summed E-state index contributed by atoms with van der Waals surface area (Å²) in [5, 5.41) is 205. The van der Waals surface area contributed by atoms with Crippen molar-refractivity contribution >= 4 is 0 Å². The Bertz CT molecular complexity index is 1810. The van der Waals surface area contributed by atoms with Crippen LogP contribution in [0.3, 0.4) is 0 Å². The van der Waals surface area contributed by atoms with E-state index in [0.717, 1.165) is 0 Å². The molecule has 0 spiro atoms. The third-order valence-electron chi connectivity index (χ3n) is 15.9. The lowest BCUT2D eigenvalue weighted by Gasteiger charge is -2.51. The molecule has 0 bridgehead atoms. The predicted molar refractivity (Wildman–Crippen MR) is 245 cm³/mol. The number of rotatable bonds is 19. The fourth-order valence-electron chi connectivity index (χ4n) is 10.6. The van der Waals surface area contributed by atoms with Crippen molar-refractivity contribution in [2.24, 2.45) is 17.8 Å². The van der Waals surface area contributed by atoms with Crippen LogP contribution in [0.2, 0.25) is 0 Å². The lowest BCUT2D eigenvalue weighted by Crippen LogP contribution is -2.68. The second-order valence-electron chi connectivity index (χ2n) is 21.0. The van der Waals surface area contributed by atoms with E-state index < -0.39 is 260 Å². The zero-order chi connectivity index (χ0) is 57.3. The molecule has 0 aromatic carbocycles. The molecule has 0 saturated carbocycles. The van der Waals surface area contributed by atoms with Gasteiger partial charge in [-0.3, -0.25) is 0 Å². The van der Waals surface area contributed by atoms with Gasteiger partial charge in [0.1, 0.15) is 134 Å². The molecule has 7 aliphatic heterocycles. The first-order valence-corrected chi connectivity index (χ1v) is 25.9. The van der Waals surface area contributed by atoms with Crippen LogP contribution in [0.25, 0.3) is 0 Å². The van der Waals surface area contributed by atoms with Crippen LogP contribution in [0.15, 0.2) is 0 Å². The standard InChI is InChI=1S/C46H80O32/c1-12-15(4)67-19(8-50)36(23(12)53)74-41-13(2)24(54)38(21(10-52)71-41)76-45-35(65)39(29(59)22(73-45)11-66-43-33(63)30(60)26(56)16(5-47)68-43)77-46-40(32(62)28(58)18(7-49)70-46)78-42-14(3)25(55)37(20(9-51)72-42)75-44-34(64)31(61)27(57)17(6-48)69-44/h12-65H,5-11H2,1-4H3/t12-,13?,14+,15+,16?,17?,18-,19?,20?,21?,22?,23?,24?,25?,26-,27+,28-,29-,30?,31?,32?,33-,34+,35-,36-,37-,38-,39?,40?,41+,42+,43+,44+,45+,46-/m1/s1. The van der Waals surface area contributed by atoms with Gasteiger partial charge in [-0.15, -0.1) is 0 Å². The van der Waals surface area contributed by atoms with Crippen molar-refractivity contribution in [3.8, 4) is 0 Å².